The molecule has 0 spiro atoms. The zero-order chi connectivity index (χ0) is 13.8. The molecule has 2 N–H and O–H groups in total. The predicted octanol–water partition coefficient (Wildman–Crippen LogP) is 2.10. The minimum Gasteiger partial charge on any atom is -0.344 e. The summed E-state index contributed by atoms with van der Waals surface area (Å²) in [6, 6.07) is 6.02. The van der Waals surface area contributed by atoms with Gasteiger partial charge in [0.1, 0.15) is 0 Å². The molecule has 1 atom stereocenters. The van der Waals surface area contributed by atoms with E-state index < -0.39 is 0 Å². The largest absolute Gasteiger partial charge is 0.344 e. The van der Waals surface area contributed by atoms with Gasteiger partial charge in [-0.05, 0) is 31.5 Å². The lowest BCUT2D eigenvalue weighted by atomic mass is 10.2. The van der Waals surface area contributed by atoms with Gasteiger partial charge in [0.05, 0.1) is 22.8 Å². The Bertz CT molecular complexity index is 642. The summed E-state index contributed by atoms with van der Waals surface area (Å²) in [6.45, 7) is 4.11. The van der Waals surface area contributed by atoms with Gasteiger partial charge in [-0.25, -0.2) is 4.98 Å². The Hall–Kier alpha value is -1.93. The molecule has 19 heavy (non-hydrogen) atoms. The van der Waals surface area contributed by atoms with Crippen molar-refractivity contribution in [1.29, 1.82) is 0 Å². The third kappa shape index (κ3) is 3.30. The number of nitrogens with one attached hydrogen (secondary N) is 2. The molecule has 0 saturated carbocycles. The van der Waals surface area contributed by atoms with Crippen LogP contribution in [0.15, 0.2) is 23.4 Å². The third-order valence-electron chi connectivity index (χ3n) is 2.64. The highest BCUT2D eigenvalue weighted by atomic mass is 32.2. The van der Waals surface area contributed by atoms with Gasteiger partial charge in [0.2, 0.25) is 5.91 Å². The summed E-state index contributed by atoms with van der Waals surface area (Å²) in [6.07, 6.45) is 5.10. The first kappa shape index (κ1) is 13.5. The van der Waals surface area contributed by atoms with Crippen LogP contribution in [0.3, 0.4) is 0 Å². The summed E-state index contributed by atoms with van der Waals surface area (Å²) in [7, 11) is 0. The summed E-state index contributed by atoms with van der Waals surface area (Å²) in [4.78, 5) is 19.4. The van der Waals surface area contributed by atoms with Crippen LogP contribution in [0.2, 0.25) is 0 Å². The number of hydrogen-bond acceptors (Lipinski definition) is 3. The van der Waals surface area contributed by atoms with E-state index in [1.54, 1.807) is 0 Å². The summed E-state index contributed by atoms with van der Waals surface area (Å²) >= 11 is 1.39. The maximum Gasteiger partial charge on any atom is 0.234 e. The highest BCUT2D eigenvalue weighted by molar-refractivity contribution is 8.00. The molecule has 0 aliphatic rings. The Morgan fingerprint density at radius 1 is 1.63 bits per heavy atom. The summed E-state index contributed by atoms with van der Waals surface area (Å²) in [5, 5.41) is 3.16. The van der Waals surface area contributed by atoms with Crippen molar-refractivity contribution in [1.82, 2.24) is 15.3 Å². The fourth-order valence-electron chi connectivity index (χ4n) is 1.66. The van der Waals surface area contributed by atoms with Crippen molar-refractivity contribution in [3.63, 3.8) is 0 Å². The second kappa shape index (κ2) is 5.81. The number of terminal acetylenes is 1. The molecule has 1 amide bonds. The van der Waals surface area contributed by atoms with Gasteiger partial charge in [0.15, 0.2) is 5.16 Å². The number of nitrogens with zero attached hydrogens (tertiary/aromatic N) is 1. The first-order valence-corrected chi connectivity index (χ1v) is 6.82. The fourth-order valence-corrected chi connectivity index (χ4v) is 2.50. The molecule has 2 aromatic rings. The van der Waals surface area contributed by atoms with Crippen LogP contribution in [0.5, 0.6) is 0 Å². The number of fused-ring (bicyclic) bond motifs is 1. The number of aromatic nitrogens is 2. The number of amides is 1. The molecule has 5 heteroatoms. The van der Waals surface area contributed by atoms with Gasteiger partial charge in [-0.15, -0.1) is 6.42 Å². The maximum atomic E-state index is 11.7. The molecule has 0 fully saturated rings. The van der Waals surface area contributed by atoms with Crippen molar-refractivity contribution in [2.24, 2.45) is 0 Å². The molecule has 2 rings (SSSR count). The number of benzene rings is 1. The van der Waals surface area contributed by atoms with E-state index in [0.717, 1.165) is 16.2 Å². The first-order valence-electron chi connectivity index (χ1n) is 5.94. The van der Waals surface area contributed by atoms with Crippen molar-refractivity contribution in [3.05, 3.63) is 23.8 Å². The fraction of sp³-hybridized carbons (Fsp3) is 0.286. The summed E-state index contributed by atoms with van der Waals surface area (Å²) in [5.41, 5.74) is 3.07. The average molecular weight is 273 g/mol. The van der Waals surface area contributed by atoms with E-state index >= 15 is 0 Å². The molecule has 1 unspecified atom stereocenters. The monoisotopic (exact) mass is 273 g/mol. The van der Waals surface area contributed by atoms with Gasteiger partial charge < -0.3 is 10.3 Å². The van der Waals surface area contributed by atoms with Gasteiger partial charge >= 0.3 is 0 Å². The molecule has 1 aromatic carbocycles. The maximum absolute atomic E-state index is 11.7. The SMILES string of the molecule is C#CCNC(=O)C(C)Sc1nc2ccc(C)cc2[nH]1. The molecule has 0 aliphatic heterocycles. The number of hydrogen-bond donors (Lipinski definition) is 2. The number of H-pyrrole nitrogens is 1. The second-order valence-corrected chi connectivity index (χ2v) is 5.57. The van der Waals surface area contributed by atoms with Crippen molar-refractivity contribution >= 4 is 28.7 Å². The third-order valence-corrected chi connectivity index (χ3v) is 3.62. The van der Waals surface area contributed by atoms with Gasteiger partial charge in [-0.3, -0.25) is 4.79 Å². The van der Waals surface area contributed by atoms with Gasteiger partial charge in [-0.1, -0.05) is 23.7 Å². The van der Waals surface area contributed by atoms with Gasteiger partial charge in [0.25, 0.3) is 0 Å². The number of thioether (sulfide) groups is 1. The normalized spacial score (nSPS) is 12.1. The highest BCUT2D eigenvalue weighted by Gasteiger charge is 2.15. The quantitative estimate of drug-likeness (QED) is 0.662. The summed E-state index contributed by atoms with van der Waals surface area (Å²) in [5.74, 6) is 2.30. The molecule has 0 saturated heterocycles. The van der Waals surface area contributed by atoms with E-state index in [2.05, 4.69) is 21.2 Å². The Balaban J connectivity index is 2.09. The molecular formula is C14H15N3OS. The molecule has 1 heterocycles. The zero-order valence-electron chi connectivity index (χ0n) is 10.9. The van der Waals surface area contributed by atoms with Crippen molar-refractivity contribution in [3.8, 4) is 12.3 Å². The first-order chi connectivity index (χ1) is 9.10. The topological polar surface area (TPSA) is 57.8 Å². The smallest absolute Gasteiger partial charge is 0.234 e. The number of rotatable bonds is 4. The molecule has 0 bridgehead atoms. The van der Waals surface area contributed by atoms with Crippen LogP contribution >= 0.6 is 11.8 Å². The second-order valence-electron chi connectivity index (χ2n) is 4.24. The van der Waals surface area contributed by atoms with Crippen LogP contribution in [-0.4, -0.2) is 27.7 Å². The summed E-state index contributed by atoms with van der Waals surface area (Å²) < 4.78 is 0. The van der Waals surface area contributed by atoms with Crippen LogP contribution in [0.4, 0.5) is 0 Å². The average Bonchev–Trinajstić information content (AvgIpc) is 2.77. The van der Waals surface area contributed by atoms with E-state index in [9.17, 15) is 4.79 Å². The molecular weight excluding hydrogens is 258 g/mol. The Kier molecular flexibility index (Phi) is 4.13. The van der Waals surface area contributed by atoms with E-state index in [4.69, 9.17) is 6.42 Å². The minimum absolute atomic E-state index is 0.0837. The Morgan fingerprint density at radius 2 is 2.42 bits per heavy atom. The standard InChI is InChI=1S/C14H15N3OS/c1-4-7-15-13(18)10(3)19-14-16-11-6-5-9(2)8-12(11)17-14/h1,5-6,8,10H,7H2,2-3H3,(H,15,18)(H,16,17). The van der Waals surface area contributed by atoms with Gasteiger partial charge in [0, 0.05) is 0 Å². The van der Waals surface area contributed by atoms with Gasteiger partial charge in [-0.2, -0.15) is 0 Å². The van der Waals surface area contributed by atoms with Crippen molar-refractivity contribution in [2.75, 3.05) is 6.54 Å². The van der Waals surface area contributed by atoms with E-state index in [0.29, 0.717) is 0 Å². The lowest BCUT2D eigenvalue weighted by molar-refractivity contribution is -0.120. The Morgan fingerprint density at radius 3 is 3.16 bits per heavy atom. The zero-order valence-corrected chi connectivity index (χ0v) is 11.7. The van der Waals surface area contributed by atoms with Crippen LogP contribution in [0, 0.1) is 19.3 Å². The van der Waals surface area contributed by atoms with E-state index in [1.807, 2.05) is 32.0 Å². The molecule has 0 radical (unpaired) electrons. The van der Waals surface area contributed by atoms with Crippen LogP contribution in [-0.2, 0) is 4.79 Å². The number of carbonyl (C=O) groups excluding carboxylic acids is 1. The predicted molar refractivity (Wildman–Crippen MR) is 78.0 cm³/mol. The highest BCUT2D eigenvalue weighted by Crippen LogP contribution is 2.23. The van der Waals surface area contributed by atoms with Crippen LogP contribution in [0.1, 0.15) is 12.5 Å². The van der Waals surface area contributed by atoms with Crippen molar-refractivity contribution < 1.29 is 4.79 Å². The lowest BCUT2D eigenvalue weighted by Gasteiger charge is -2.07. The number of aromatic amines is 1. The molecule has 0 aliphatic carbocycles. The molecule has 1 aromatic heterocycles. The van der Waals surface area contributed by atoms with Crippen LogP contribution in [0.25, 0.3) is 11.0 Å². The molecule has 98 valence electrons. The minimum atomic E-state index is -0.241. The number of carbonyl (C=O) groups is 1. The van der Waals surface area contributed by atoms with E-state index in [1.165, 1.54) is 17.3 Å². The Labute approximate surface area is 116 Å². The molecule has 4 nitrogen and oxygen atoms in total. The van der Waals surface area contributed by atoms with Crippen molar-refractivity contribution in [2.45, 2.75) is 24.3 Å². The van der Waals surface area contributed by atoms with Crippen LogP contribution < -0.4 is 5.32 Å². The number of aryl methyl sites for hydroxylation is 1. The lowest BCUT2D eigenvalue weighted by Crippen LogP contribution is -2.31. The van der Waals surface area contributed by atoms with E-state index in [-0.39, 0.29) is 17.7 Å². The number of imidazole rings is 1.